The number of nitrogens with zero attached hydrogens (tertiary/aromatic N) is 1. The van der Waals surface area contributed by atoms with Crippen molar-refractivity contribution in [3.8, 4) is 0 Å². The molecule has 110 valence electrons. The molecule has 6 nitrogen and oxygen atoms in total. The van der Waals surface area contributed by atoms with Crippen LogP contribution in [0.15, 0.2) is 18.3 Å². The highest BCUT2D eigenvalue weighted by molar-refractivity contribution is 5.97. The van der Waals surface area contributed by atoms with Crippen molar-refractivity contribution in [3.63, 3.8) is 0 Å². The number of aliphatic hydroxyl groups is 1. The molecule has 2 heterocycles. The Bertz CT molecular complexity index is 456. The molecule has 0 saturated carbocycles. The number of methoxy groups -OCH3 is 1. The van der Waals surface area contributed by atoms with Gasteiger partial charge in [0.15, 0.2) is 6.29 Å². The average Bonchev–Trinajstić information content (AvgIpc) is 2.48. The smallest absolute Gasteiger partial charge is 0.337 e. The number of rotatable bonds is 2. The normalized spacial score (nSPS) is 17.6. The monoisotopic (exact) mass is 280 g/mol. The summed E-state index contributed by atoms with van der Waals surface area (Å²) in [6, 6.07) is 3.09. The minimum absolute atomic E-state index is 0.325. The van der Waals surface area contributed by atoms with Gasteiger partial charge in [0.05, 0.1) is 24.1 Å². The third kappa shape index (κ3) is 5.46. The summed E-state index contributed by atoms with van der Waals surface area (Å²) in [5.74, 6) is -0.412. The molecule has 0 aromatic carbocycles. The first-order valence-corrected chi connectivity index (χ1v) is 6.44. The van der Waals surface area contributed by atoms with Gasteiger partial charge in [0.2, 0.25) is 0 Å². The number of hydrogen-bond acceptors (Lipinski definition) is 6. The van der Waals surface area contributed by atoms with Crippen molar-refractivity contribution in [2.75, 3.05) is 13.7 Å². The number of esters is 1. The number of carbonyl (C=O) groups is 1. The van der Waals surface area contributed by atoms with E-state index in [-0.39, 0.29) is 0 Å². The van der Waals surface area contributed by atoms with Crippen LogP contribution in [0.1, 0.15) is 42.2 Å². The van der Waals surface area contributed by atoms with E-state index < -0.39 is 12.3 Å². The lowest BCUT2D eigenvalue weighted by Crippen LogP contribution is -2.17. The molecule has 0 spiro atoms. The van der Waals surface area contributed by atoms with Gasteiger partial charge in [0.25, 0.3) is 0 Å². The van der Waals surface area contributed by atoms with E-state index in [9.17, 15) is 4.79 Å². The number of carbonyl (C=O) groups excluding carboxylic acids is 1. The van der Waals surface area contributed by atoms with Crippen molar-refractivity contribution >= 4 is 11.7 Å². The Balaban J connectivity index is 0.000000240. The lowest BCUT2D eigenvalue weighted by Gasteiger charge is -2.16. The van der Waals surface area contributed by atoms with Gasteiger partial charge >= 0.3 is 5.97 Å². The average molecular weight is 280 g/mol. The van der Waals surface area contributed by atoms with E-state index in [4.69, 9.17) is 15.3 Å². The molecule has 0 radical (unpaired) electrons. The predicted molar refractivity (Wildman–Crippen MR) is 73.9 cm³/mol. The molecular formula is C14H20N2O4. The third-order valence-corrected chi connectivity index (χ3v) is 2.72. The third-order valence-electron chi connectivity index (χ3n) is 2.72. The lowest BCUT2D eigenvalue weighted by atomic mass is 10.2. The van der Waals surface area contributed by atoms with E-state index in [1.165, 1.54) is 19.4 Å². The molecule has 1 saturated heterocycles. The van der Waals surface area contributed by atoms with Crippen LogP contribution in [-0.4, -0.2) is 41.8 Å². The summed E-state index contributed by atoms with van der Waals surface area (Å²) < 4.78 is 9.37. The summed E-state index contributed by atoms with van der Waals surface area (Å²) in [6.45, 7) is 2.35. The van der Waals surface area contributed by atoms with Gasteiger partial charge in [-0.25, -0.2) is 4.79 Å². The Kier molecular flexibility index (Phi) is 6.83. The molecular weight excluding hydrogens is 260 g/mol. The standard InChI is InChI=1S/C9H10N2O2.C5H10O2/c1-6(10)8-5-7(3-4-11-8)9(12)13-2;6-5-3-1-2-4-7-5/h3-5,10H,1-2H3;5-6H,1-4H2. The largest absolute Gasteiger partial charge is 0.465 e. The first kappa shape index (κ1) is 16.3. The van der Waals surface area contributed by atoms with E-state index in [1.807, 2.05) is 0 Å². The maximum atomic E-state index is 11.1. The van der Waals surface area contributed by atoms with Gasteiger partial charge in [-0.3, -0.25) is 4.98 Å². The summed E-state index contributed by atoms with van der Waals surface area (Å²) in [5.41, 5.74) is 1.23. The maximum absolute atomic E-state index is 11.1. The summed E-state index contributed by atoms with van der Waals surface area (Å²) >= 11 is 0. The molecule has 1 aromatic rings. The zero-order valence-electron chi connectivity index (χ0n) is 11.8. The second-order valence-electron chi connectivity index (χ2n) is 4.37. The second kappa shape index (κ2) is 8.39. The van der Waals surface area contributed by atoms with Gasteiger partial charge in [-0.15, -0.1) is 0 Å². The molecule has 0 aliphatic carbocycles. The molecule has 0 bridgehead atoms. The quantitative estimate of drug-likeness (QED) is 0.636. The second-order valence-corrected chi connectivity index (χ2v) is 4.37. The van der Waals surface area contributed by atoms with Gasteiger partial charge in [-0.1, -0.05) is 0 Å². The van der Waals surface area contributed by atoms with Crippen molar-refractivity contribution in [1.82, 2.24) is 4.98 Å². The molecule has 1 fully saturated rings. The molecule has 1 aromatic heterocycles. The van der Waals surface area contributed by atoms with Crippen molar-refractivity contribution in [3.05, 3.63) is 29.6 Å². The summed E-state index contributed by atoms with van der Waals surface area (Å²) in [7, 11) is 1.32. The summed E-state index contributed by atoms with van der Waals surface area (Å²) in [4.78, 5) is 15.0. The van der Waals surface area contributed by atoms with E-state index in [0.29, 0.717) is 17.0 Å². The molecule has 20 heavy (non-hydrogen) atoms. The first-order chi connectivity index (χ1) is 9.54. The Morgan fingerprint density at radius 3 is 2.75 bits per heavy atom. The zero-order chi connectivity index (χ0) is 15.0. The van der Waals surface area contributed by atoms with Crippen LogP contribution in [0.3, 0.4) is 0 Å². The van der Waals surface area contributed by atoms with E-state index in [2.05, 4.69) is 9.72 Å². The number of aliphatic hydroxyl groups excluding tert-OH is 1. The van der Waals surface area contributed by atoms with Crippen LogP contribution in [0.2, 0.25) is 0 Å². The Morgan fingerprint density at radius 2 is 2.30 bits per heavy atom. The van der Waals surface area contributed by atoms with Crippen LogP contribution in [0.25, 0.3) is 0 Å². The molecule has 2 N–H and O–H groups in total. The van der Waals surface area contributed by atoms with E-state index in [0.717, 1.165) is 25.9 Å². The van der Waals surface area contributed by atoms with Crippen LogP contribution >= 0.6 is 0 Å². The van der Waals surface area contributed by atoms with E-state index >= 15 is 0 Å². The number of pyridine rings is 1. The Labute approximate surface area is 118 Å². The van der Waals surface area contributed by atoms with Gasteiger partial charge in [0.1, 0.15) is 0 Å². The summed E-state index contributed by atoms with van der Waals surface area (Å²) in [5, 5.41) is 16.0. The number of ether oxygens (including phenoxy) is 2. The highest BCUT2D eigenvalue weighted by Gasteiger charge is 2.08. The lowest BCUT2D eigenvalue weighted by molar-refractivity contribution is -0.123. The van der Waals surface area contributed by atoms with Crippen LogP contribution in [0.5, 0.6) is 0 Å². The highest BCUT2D eigenvalue weighted by atomic mass is 16.6. The van der Waals surface area contributed by atoms with Gasteiger partial charge in [0, 0.05) is 12.8 Å². The highest BCUT2D eigenvalue weighted by Crippen LogP contribution is 2.08. The first-order valence-electron chi connectivity index (χ1n) is 6.44. The number of hydrogen-bond donors (Lipinski definition) is 2. The molecule has 1 unspecified atom stereocenters. The molecule has 1 atom stereocenters. The Hall–Kier alpha value is -1.79. The molecule has 2 rings (SSSR count). The zero-order valence-corrected chi connectivity index (χ0v) is 11.8. The van der Waals surface area contributed by atoms with Crippen LogP contribution in [0, 0.1) is 5.41 Å². The predicted octanol–water partition coefficient (Wildman–Crippen LogP) is 1.76. The van der Waals surface area contributed by atoms with Crippen molar-refractivity contribution < 1.29 is 19.4 Å². The van der Waals surface area contributed by atoms with E-state index in [1.54, 1.807) is 13.0 Å². The number of nitrogens with one attached hydrogen (secondary N) is 1. The summed E-state index contributed by atoms with van der Waals surface area (Å²) in [6.07, 6.45) is 4.06. The van der Waals surface area contributed by atoms with Crippen molar-refractivity contribution in [2.24, 2.45) is 0 Å². The molecule has 1 aliphatic rings. The Morgan fingerprint density at radius 1 is 1.55 bits per heavy atom. The maximum Gasteiger partial charge on any atom is 0.337 e. The fourth-order valence-electron chi connectivity index (χ4n) is 1.60. The van der Waals surface area contributed by atoms with Crippen LogP contribution < -0.4 is 0 Å². The SMILES string of the molecule is COC(=O)c1ccnc(C(C)=N)c1.OC1CCCCO1. The fraction of sp³-hybridized carbons (Fsp3) is 0.500. The van der Waals surface area contributed by atoms with Gasteiger partial charge < -0.3 is 20.0 Å². The van der Waals surface area contributed by atoms with Gasteiger partial charge in [-0.2, -0.15) is 0 Å². The van der Waals surface area contributed by atoms with Crippen LogP contribution in [-0.2, 0) is 9.47 Å². The van der Waals surface area contributed by atoms with Crippen molar-refractivity contribution in [2.45, 2.75) is 32.5 Å². The van der Waals surface area contributed by atoms with Gasteiger partial charge in [-0.05, 0) is 38.3 Å². The fourth-order valence-corrected chi connectivity index (χ4v) is 1.60. The van der Waals surface area contributed by atoms with Crippen molar-refractivity contribution in [1.29, 1.82) is 5.41 Å². The topological polar surface area (TPSA) is 92.5 Å². The minimum atomic E-state index is -0.464. The molecule has 6 heteroatoms. The molecule has 0 amide bonds. The number of aromatic nitrogens is 1. The minimum Gasteiger partial charge on any atom is -0.465 e. The van der Waals surface area contributed by atoms with Crippen LogP contribution in [0.4, 0.5) is 0 Å². The molecule has 1 aliphatic heterocycles.